The minimum Gasteiger partial charge on any atom is -0.448 e. The highest BCUT2D eigenvalue weighted by Gasteiger charge is 2.78. The number of hydrogen-bond acceptors (Lipinski definition) is 6. The van der Waals surface area contributed by atoms with E-state index in [9.17, 15) is 15.8 Å². The average molecular weight is 334 g/mol. The Kier molecular flexibility index (Phi) is 3.60. The minimum atomic E-state index is -1.87. The van der Waals surface area contributed by atoms with Gasteiger partial charge in [-0.15, -0.1) is 0 Å². The first-order valence-corrected chi connectivity index (χ1v) is 8.12. The van der Waals surface area contributed by atoms with Crippen molar-refractivity contribution in [2.75, 3.05) is 0 Å². The highest BCUT2D eigenvalue weighted by Crippen LogP contribution is 2.67. The summed E-state index contributed by atoms with van der Waals surface area (Å²) >= 11 is 0. The molecule has 3 rings (SSSR count). The van der Waals surface area contributed by atoms with Crippen LogP contribution >= 0.6 is 0 Å². The van der Waals surface area contributed by atoms with Crippen LogP contribution in [0.5, 0.6) is 0 Å². The molecular weight excluding hydrogens is 316 g/mol. The Morgan fingerprint density at radius 2 is 1.80 bits per heavy atom. The Morgan fingerprint density at radius 1 is 1.16 bits per heavy atom. The summed E-state index contributed by atoms with van der Waals surface area (Å²) in [6, 6.07) is 13.5. The number of hydrogen-bond donors (Lipinski definition) is 1. The molecule has 2 bridgehead atoms. The molecule has 1 aromatic carbocycles. The number of nitrogens with one attached hydrogen (secondary N) is 1. The number of nitriles is 3. The Labute approximate surface area is 146 Å². The fraction of sp³-hybridized carbons (Fsp3) is 0.474. The quantitative estimate of drug-likeness (QED) is 0.890. The van der Waals surface area contributed by atoms with Gasteiger partial charge in [0.15, 0.2) is 5.41 Å². The smallest absolute Gasteiger partial charge is 0.214 e. The summed E-state index contributed by atoms with van der Waals surface area (Å²) in [6.45, 7) is 5.38. The fourth-order valence-corrected chi connectivity index (χ4v) is 4.39. The molecule has 0 amide bonds. The molecule has 126 valence electrons. The van der Waals surface area contributed by atoms with Crippen LogP contribution in [0.15, 0.2) is 24.3 Å². The Hall–Kier alpha value is -2.88. The van der Waals surface area contributed by atoms with Crippen LogP contribution in [0, 0.1) is 63.1 Å². The third-order valence-electron chi connectivity index (χ3n) is 5.59. The van der Waals surface area contributed by atoms with Gasteiger partial charge in [-0.2, -0.15) is 15.8 Å². The van der Waals surface area contributed by atoms with Gasteiger partial charge in [-0.3, -0.25) is 5.41 Å². The van der Waals surface area contributed by atoms with Crippen molar-refractivity contribution in [2.24, 2.45) is 16.7 Å². The second kappa shape index (κ2) is 5.31. The molecule has 0 aromatic heterocycles. The van der Waals surface area contributed by atoms with E-state index in [1.807, 2.05) is 38.1 Å². The summed E-state index contributed by atoms with van der Waals surface area (Å²) in [5.74, 6) is -2.17. The third kappa shape index (κ3) is 1.77. The van der Waals surface area contributed by atoms with Gasteiger partial charge < -0.3 is 9.47 Å². The maximum atomic E-state index is 10.1. The Bertz CT molecular complexity index is 861. The fourth-order valence-electron chi connectivity index (χ4n) is 4.39. The van der Waals surface area contributed by atoms with Crippen molar-refractivity contribution in [3.63, 3.8) is 0 Å². The van der Waals surface area contributed by atoms with E-state index in [2.05, 4.69) is 6.07 Å². The van der Waals surface area contributed by atoms with E-state index in [-0.39, 0.29) is 5.90 Å². The van der Waals surface area contributed by atoms with Crippen molar-refractivity contribution >= 4 is 5.90 Å². The predicted octanol–water partition coefficient (Wildman–Crippen LogP) is 3.36. The van der Waals surface area contributed by atoms with Gasteiger partial charge in [0.2, 0.25) is 17.1 Å². The maximum Gasteiger partial charge on any atom is 0.214 e. The van der Waals surface area contributed by atoms with E-state index >= 15 is 0 Å². The number of rotatable bonds is 2. The molecule has 1 aromatic rings. The van der Waals surface area contributed by atoms with Crippen LogP contribution in [0.1, 0.15) is 37.5 Å². The van der Waals surface area contributed by atoms with Gasteiger partial charge in [0.1, 0.15) is 6.10 Å². The zero-order valence-electron chi connectivity index (χ0n) is 14.3. The van der Waals surface area contributed by atoms with E-state index in [0.29, 0.717) is 12.0 Å². The van der Waals surface area contributed by atoms with Crippen molar-refractivity contribution in [2.45, 2.75) is 39.1 Å². The lowest BCUT2D eigenvalue weighted by molar-refractivity contribution is -0.273. The molecule has 0 spiro atoms. The highest BCUT2D eigenvalue weighted by molar-refractivity contribution is 5.89. The molecule has 6 nitrogen and oxygen atoms in total. The number of aryl methyl sites for hydroxylation is 1. The molecule has 0 aliphatic carbocycles. The second-order valence-corrected chi connectivity index (χ2v) is 6.71. The van der Waals surface area contributed by atoms with Crippen molar-refractivity contribution in [1.82, 2.24) is 0 Å². The van der Waals surface area contributed by atoms with Crippen molar-refractivity contribution in [3.8, 4) is 18.2 Å². The summed E-state index contributed by atoms with van der Waals surface area (Å²) in [5, 5.41) is 38.5. The normalized spacial score (nSPS) is 35.1. The molecule has 25 heavy (non-hydrogen) atoms. The third-order valence-corrected chi connectivity index (χ3v) is 5.59. The van der Waals surface area contributed by atoms with Crippen LogP contribution in [-0.4, -0.2) is 11.7 Å². The summed E-state index contributed by atoms with van der Waals surface area (Å²) in [4.78, 5) is 0. The minimum absolute atomic E-state index is 0.358. The molecule has 0 saturated carbocycles. The standard InChI is InChI=1S/C19H18N4O2/c1-4-14-17(3)24-15(13-8-6-5-7-12(13)2)18(9-20,10-21)19(14,11-22)16(23)25-17/h5-8,14-15,23H,4H2,1-3H3. The van der Waals surface area contributed by atoms with Gasteiger partial charge in [-0.05, 0) is 24.5 Å². The zero-order valence-corrected chi connectivity index (χ0v) is 14.3. The van der Waals surface area contributed by atoms with Crippen LogP contribution in [0.25, 0.3) is 0 Å². The topological polar surface area (TPSA) is 114 Å². The lowest BCUT2D eigenvalue weighted by atomic mass is 9.53. The molecule has 4 atom stereocenters. The van der Waals surface area contributed by atoms with Gasteiger partial charge in [0, 0.05) is 6.92 Å². The van der Waals surface area contributed by atoms with Crippen LogP contribution in [-0.2, 0) is 9.47 Å². The molecule has 1 N–H and O–H groups in total. The van der Waals surface area contributed by atoms with E-state index in [1.165, 1.54) is 0 Å². The number of fused-ring (bicyclic) bond motifs is 2. The van der Waals surface area contributed by atoms with E-state index in [0.717, 1.165) is 5.56 Å². The van der Waals surface area contributed by atoms with Gasteiger partial charge in [0.25, 0.3) is 0 Å². The lowest BCUT2D eigenvalue weighted by Crippen LogP contribution is -2.58. The molecule has 0 radical (unpaired) electrons. The van der Waals surface area contributed by atoms with Gasteiger partial charge in [-0.25, -0.2) is 0 Å². The molecule has 2 saturated heterocycles. The zero-order chi connectivity index (χ0) is 18.5. The lowest BCUT2D eigenvalue weighted by Gasteiger charge is -2.48. The Morgan fingerprint density at radius 3 is 2.32 bits per heavy atom. The Balaban J connectivity index is 2.37. The van der Waals surface area contributed by atoms with Crippen molar-refractivity contribution in [1.29, 1.82) is 21.2 Å². The number of nitrogens with zero attached hydrogens (tertiary/aromatic N) is 3. The SMILES string of the molecule is CCC1C2(C)OC(=N)C1(C#N)C(C#N)(C#N)C(c1ccccc1C)O2. The average Bonchev–Trinajstić information content (AvgIpc) is 2.78. The number of benzene rings is 1. The molecule has 2 fully saturated rings. The van der Waals surface area contributed by atoms with Crippen LogP contribution in [0.3, 0.4) is 0 Å². The largest absolute Gasteiger partial charge is 0.448 e. The number of ether oxygens (including phenoxy) is 2. The van der Waals surface area contributed by atoms with E-state index in [1.54, 1.807) is 19.1 Å². The monoisotopic (exact) mass is 334 g/mol. The highest BCUT2D eigenvalue weighted by atomic mass is 16.7. The van der Waals surface area contributed by atoms with Crippen molar-refractivity contribution in [3.05, 3.63) is 35.4 Å². The summed E-state index contributed by atoms with van der Waals surface area (Å²) in [6.07, 6.45) is -0.545. The van der Waals surface area contributed by atoms with Crippen molar-refractivity contribution < 1.29 is 9.47 Å². The summed E-state index contributed by atoms with van der Waals surface area (Å²) < 4.78 is 11.8. The summed E-state index contributed by atoms with van der Waals surface area (Å²) in [5.41, 5.74) is -2.04. The first-order chi connectivity index (χ1) is 11.9. The van der Waals surface area contributed by atoms with E-state index in [4.69, 9.17) is 14.9 Å². The summed E-state index contributed by atoms with van der Waals surface area (Å²) in [7, 11) is 0. The first kappa shape index (κ1) is 17.0. The second-order valence-electron chi connectivity index (χ2n) is 6.71. The molecule has 4 unspecified atom stereocenters. The van der Waals surface area contributed by atoms with Crippen LogP contribution in [0.2, 0.25) is 0 Å². The maximum absolute atomic E-state index is 10.1. The molecule has 2 aliphatic heterocycles. The molecular formula is C19H18N4O2. The van der Waals surface area contributed by atoms with Gasteiger partial charge >= 0.3 is 0 Å². The van der Waals surface area contributed by atoms with Crippen LogP contribution in [0.4, 0.5) is 0 Å². The van der Waals surface area contributed by atoms with Gasteiger partial charge in [0.05, 0.1) is 24.1 Å². The van der Waals surface area contributed by atoms with E-state index < -0.39 is 28.6 Å². The van der Waals surface area contributed by atoms with Crippen LogP contribution < -0.4 is 0 Å². The predicted molar refractivity (Wildman–Crippen MR) is 87.7 cm³/mol. The van der Waals surface area contributed by atoms with Gasteiger partial charge in [-0.1, -0.05) is 31.2 Å². The first-order valence-electron chi connectivity index (χ1n) is 8.12. The molecule has 6 heteroatoms. The molecule has 2 aliphatic rings. The molecule has 2 heterocycles.